The van der Waals surface area contributed by atoms with Crippen LogP contribution in [0.2, 0.25) is 10.0 Å². The molecule has 50 heavy (non-hydrogen) atoms. The van der Waals surface area contributed by atoms with Gasteiger partial charge in [0.1, 0.15) is 11.4 Å². The third-order valence-corrected chi connectivity index (χ3v) is 9.61. The van der Waals surface area contributed by atoms with Crippen molar-refractivity contribution in [3.63, 3.8) is 0 Å². The predicted octanol–water partition coefficient (Wildman–Crippen LogP) is 5.23. The standard InChI is InChI=1S/C36H39Cl2N7O5/c1-48-20-21-17-45(18-21)19-23-13-29(41-16-30(23)49-2)35(47)43-28-6-4-5-26(32(28)37)34-33(38)25(11-12-40-34)27-9-7-22(36(44-27)50-3)14-39-15-24-8-10-31(46)42-24/h4-7,9,11-13,16,21,24,39H,8,10,14-15,17-20H2,1-3H3,(H,42,46)(H,43,47). The Balaban J connectivity index is 1.18. The molecule has 2 saturated heterocycles. The number of pyridine rings is 3. The number of anilines is 1. The highest BCUT2D eigenvalue weighted by Gasteiger charge is 2.28. The molecule has 6 rings (SSSR count). The second kappa shape index (κ2) is 16.1. The second-order valence-electron chi connectivity index (χ2n) is 12.3. The Morgan fingerprint density at radius 3 is 2.60 bits per heavy atom. The van der Waals surface area contributed by atoms with Crippen LogP contribution in [0, 0.1) is 5.92 Å². The van der Waals surface area contributed by atoms with Gasteiger partial charge in [-0.1, -0.05) is 41.4 Å². The molecule has 5 heterocycles. The first kappa shape index (κ1) is 35.5. The number of carbonyl (C=O) groups excluding carboxylic acids is 2. The molecule has 1 atom stereocenters. The van der Waals surface area contributed by atoms with E-state index in [1.807, 2.05) is 12.1 Å². The molecule has 1 aromatic carbocycles. The van der Waals surface area contributed by atoms with E-state index in [0.29, 0.717) is 76.8 Å². The van der Waals surface area contributed by atoms with Crippen molar-refractivity contribution in [2.75, 3.05) is 52.9 Å². The zero-order chi connectivity index (χ0) is 35.2. The van der Waals surface area contributed by atoms with E-state index in [2.05, 4.69) is 30.8 Å². The van der Waals surface area contributed by atoms with Gasteiger partial charge in [-0.15, -0.1) is 0 Å². The maximum atomic E-state index is 13.4. The number of methoxy groups -OCH3 is 3. The van der Waals surface area contributed by atoms with Crippen molar-refractivity contribution >= 4 is 40.7 Å². The molecule has 4 aromatic rings. The zero-order valence-electron chi connectivity index (χ0n) is 28.1. The number of ether oxygens (including phenoxy) is 3. The molecule has 1 unspecified atom stereocenters. The van der Waals surface area contributed by atoms with Crippen LogP contribution in [0.3, 0.4) is 0 Å². The average molecular weight is 721 g/mol. The summed E-state index contributed by atoms with van der Waals surface area (Å²) in [5.74, 6) is 1.24. The number of nitrogens with one attached hydrogen (secondary N) is 3. The number of halogens is 2. The Hall–Kier alpha value is -4.33. The van der Waals surface area contributed by atoms with E-state index >= 15 is 0 Å². The van der Waals surface area contributed by atoms with Gasteiger partial charge >= 0.3 is 0 Å². The number of carbonyl (C=O) groups is 2. The van der Waals surface area contributed by atoms with Crippen molar-refractivity contribution in [3.05, 3.63) is 81.7 Å². The molecule has 2 amide bonds. The maximum absolute atomic E-state index is 13.4. The molecule has 3 N–H and O–H groups in total. The van der Waals surface area contributed by atoms with Crippen LogP contribution in [0.4, 0.5) is 5.69 Å². The smallest absolute Gasteiger partial charge is 0.274 e. The highest BCUT2D eigenvalue weighted by Crippen LogP contribution is 2.40. The lowest BCUT2D eigenvalue weighted by Crippen LogP contribution is -2.47. The SMILES string of the molecule is COCC1CN(Cc2cc(C(=O)Nc3cccc(-c4nccc(-c5ccc(CNCC6CCC(=O)N6)c(OC)n5)c4Cl)c3Cl)ncc2OC)C1. The van der Waals surface area contributed by atoms with E-state index in [-0.39, 0.29) is 22.7 Å². The van der Waals surface area contributed by atoms with Crippen LogP contribution < -0.4 is 25.4 Å². The molecule has 0 spiro atoms. The molecule has 2 fully saturated rings. The Morgan fingerprint density at radius 2 is 1.86 bits per heavy atom. The Kier molecular flexibility index (Phi) is 11.5. The van der Waals surface area contributed by atoms with Crippen molar-refractivity contribution in [1.82, 2.24) is 30.5 Å². The van der Waals surface area contributed by atoms with E-state index in [0.717, 1.165) is 37.2 Å². The van der Waals surface area contributed by atoms with Crippen molar-refractivity contribution < 1.29 is 23.8 Å². The monoisotopic (exact) mass is 719 g/mol. The molecule has 2 aliphatic rings. The number of likely N-dealkylation sites (tertiary alicyclic amines) is 1. The van der Waals surface area contributed by atoms with Gasteiger partial charge in [-0.25, -0.2) is 9.97 Å². The Morgan fingerprint density at radius 1 is 1.02 bits per heavy atom. The molecule has 0 saturated carbocycles. The first-order valence-corrected chi connectivity index (χ1v) is 17.1. The third kappa shape index (κ3) is 8.00. The number of rotatable bonds is 14. The number of hydrogen-bond acceptors (Lipinski definition) is 10. The summed E-state index contributed by atoms with van der Waals surface area (Å²) in [4.78, 5) is 40.8. The molecule has 2 aliphatic heterocycles. The minimum atomic E-state index is -0.416. The maximum Gasteiger partial charge on any atom is 0.274 e. The molecule has 14 heteroatoms. The van der Waals surface area contributed by atoms with Crippen LogP contribution in [0.5, 0.6) is 11.6 Å². The van der Waals surface area contributed by atoms with E-state index < -0.39 is 5.91 Å². The van der Waals surface area contributed by atoms with Gasteiger partial charge in [0, 0.05) is 86.7 Å². The normalized spacial score (nSPS) is 16.2. The fourth-order valence-electron chi connectivity index (χ4n) is 6.27. The Bertz CT molecular complexity index is 1870. The summed E-state index contributed by atoms with van der Waals surface area (Å²) in [6, 6.07) is 12.7. The van der Waals surface area contributed by atoms with Gasteiger partial charge < -0.3 is 30.2 Å². The zero-order valence-corrected chi connectivity index (χ0v) is 29.6. The molecule has 3 aromatic heterocycles. The second-order valence-corrected chi connectivity index (χ2v) is 13.1. The summed E-state index contributed by atoms with van der Waals surface area (Å²) in [5.41, 5.74) is 4.55. The first-order chi connectivity index (χ1) is 24.3. The van der Waals surface area contributed by atoms with E-state index in [4.69, 9.17) is 42.4 Å². The summed E-state index contributed by atoms with van der Waals surface area (Å²) in [5, 5.41) is 9.84. The quantitative estimate of drug-likeness (QED) is 0.159. The van der Waals surface area contributed by atoms with Gasteiger partial charge in [0.25, 0.3) is 5.91 Å². The molecule has 262 valence electrons. The molecule has 0 radical (unpaired) electrons. The van der Waals surface area contributed by atoms with Gasteiger partial charge in [-0.2, -0.15) is 0 Å². The minimum Gasteiger partial charge on any atom is -0.495 e. The number of benzene rings is 1. The summed E-state index contributed by atoms with van der Waals surface area (Å²) in [6.45, 7) is 4.36. The molecular formula is C36H39Cl2N7O5. The lowest BCUT2D eigenvalue weighted by atomic mass is 10.00. The first-order valence-electron chi connectivity index (χ1n) is 16.3. The lowest BCUT2D eigenvalue weighted by Gasteiger charge is -2.39. The van der Waals surface area contributed by atoms with Crippen LogP contribution in [0.15, 0.2) is 54.9 Å². The number of hydrogen-bond donors (Lipinski definition) is 3. The van der Waals surface area contributed by atoms with Crippen molar-refractivity contribution in [3.8, 4) is 34.1 Å². The van der Waals surface area contributed by atoms with Crippen LogP contribution in [0.25, 0.3) is 22.5 Å². The summed E-state index contributed by atoms with van der Waals surface area (Å²) in [6.07, 6.45) is 4.57. The predicted molar refractivity (Wildman–Crippen MR) is 192 cm³/mol. The number of aromatic nitrogens is 3. The van der Waals surface area contributed by atoms with Crippen LogP contribution in [-0.4, -0.2) is 85.3 Å². The molecule has 0 bridgehead atoms. The minimum absolute atomic E-state index is 0.0847. The topological polar surface area (TPSA) is 140 Å². The van der Waals surface area contributed by atoms with Gasteiger partial charge in [0.2, 0.25) is 11.8 Å². The number of amides is 2. The van der Waals surface area contributed by atoms with Gasteiger partial charge in [-0.05, 0) is 30.7 Å². The summed E-state index contributed by atoms with van der Waals surface area (Å²) >= 11 is 13.9. The van der Waals surface area contributed by atoms with Crippen LogP contribution >= 0.6 is 23.2 Å². The van der Waals surface area contributed by atoms with Crippen LogP contribution in [0.1, 0.15) is 34.5 Å². The molecular weight excluding hydrogens is 681 g/mol. The largest absolute Gasteiger partial charge is 0.495 e. The van der Waals surface area contributed by atoms with Crippen molar-refractivity contribution in [1.29, 1.82) is 0 Å². The Labute approximate surface area is 300 Å². The third-order valence-electron chi connectivity index (χ3n) is 8.82. The molecule has 12 nitrogen and oxygen atoms in total. The summed E-state index contributed by atoms with van der Waals surface area (Å²) in [7, 11) is 4.87. The lowest BCUT2D eigenvalue weighted by molar-refractivity contribution is -0.119. The number of nitrogens with zero attached hydrogens (tertiary/aromatic N) is 4. The van der Waals surface area contributed by atoms with Crippen LogP contribution in [-0.2, 0) is 22.6 Å². The van der Waals surface area contributed by atoms with E-state index in [1.54, 1.807) is 64.1 Å². The van der Waals surface area contributed by atoms with Gasteiger partial charge in [0.05, 0.1) is 54.1 Å². The highest BCUT2D eigenvalue weighted by atomic mass is 35.5. The van der Waals surface area contributed by atoms with Crippen molar-refractivity contribution in [2.45, 2.75) is 32.0 Å². The van der Waals surface area contributed by atoms with Gasteiger partial charge in [-0.3, -0.25) is 19.5 Å². The summed E-state index contributed by atoms with van der Waals surface area (Å²) < 4.78 is 16.4. The molecule has 0 aliphatic carbocycles. The van der Waals surface area contributed by atoms with Gasteiger partial charge in [0.15, 0.2) is 0 Å². The highest BCUT2D eigenvalue weighted by molar-refractivity contribution is 6.39. The fraction of sp³-hybridized carbons (Fsp3) is 0.361. The fourth-order valence-corrected chi connectivity index (χ4v) is 6.85. The van der Waals surface area contributed by atoms with Crippen molar-refractivity contribution in [2.24, 2.45) is 5.92 Å². The van der Waals surface area contributed by atoms with E-state index in [9.17, 15) is 9.59 Å². The van der Waals surface area contributed by atoms with E-state index in [1.165, 1.54) is 0 Å². The average Bonchev–Trinajstić information content (AvgIpc) is 3.53.